The maximum Gasteiger partial charge on any atom is 0.243 e. The van der Waals surface area contributed by atoms with Crippen LogP contribution >= 0.6 is 0 Å². The van der Waals surface area contributed by atoms with Crippen molar-refractivity contribution in [1.82, 2.24) is 4.31 Å². The molecule has 0 fully saturated rings. The zero-order valence-electron chi connectivity index (χ0n) is 15.5. The van der Waals surface area contributed by atoms with Crippen LogP contribution in [0, 0.1) is 5.92 Å². The largest absolute Gasteiger partial charge is 0.492 e. The highest BCUT2D eigenvalue weighted by Gasteiger charge is 2.26. The smallest absolute Gasteiger partial charge is 0.243 e. The molecule has 7 heteroatoms. The first kappa shape index (κ1) is 19.4. The van der Waals surface area contributed by atoms with Gasteiger partial charge in [0.2, 0.25) is 15.9 Å². The van der Waals surface area contributed by atoms with E-state index in [0.717, 1.165) is 11.3 Å². The van der Waals surface area contributed by atoms with Crippen LogP contribution in [0.2, 0.25) is 0 Å². The van der Waals surface area contributed by atoms with Crippen LogP contribution < -0.4 is 10.1 Å². The summed E-state index contributed by atoms with van der Waals surface area (Å²) in [5.74, 6) is 0.412. The monoisotopic (exact) mass is 388 g/mol. The molecule has 0 spiro atoms. The van der Waals surface area contributed by atoms with E-state index in [1.54, 1.807) is 26.0 Å². The lowest BCUT2D eigenvalue weighted by molar-refractivity contribution is -0.121. The Balaban J connectivity index is 1.68. The van der Waals surface area contributed by atoms with E-state index in [-0.39, 0.29) is 16.7 Å². The molecule has 1 amide bonds. The standard InChI is InChI=1S/C20H24N2O4S/c1-3-22(4-2)27(24,25)18-11-9-17(10-12-18)21-20(23)16-13-15-7-5-6-8-19(15)26-14-16/h5-12,16H,3-4,13-14H2,1-2H3,(H,21,23). The maximum absolute atomic E-state index is 12.5. The van der Waals surface area contributed by atoms with Crippen molar-refractivity contribution in [1.29, 1.82) is 0 Å². The molecular formula is C20H24N2O4S. The van der Waals surface area contributed by atoms with Crippen molar-refractivity contribution >= 4 is 21.6 Å². The number of fused-ring (bicyclic) bond motifs is 1. The van der Waals surface area contributed by atoms with Gasteiger partial charge in [-0.3, -0.25) is 4.79 Å². The number of para-hydroxylation sites is 1. The predicted molar refractivity (Wildman–Crippen MR) is 104 cm³/mol. The molecule has 1 atom stereocenters. The van der Waals surface area contributed by atoms with Gasteiger partial charge in [0, 0.05) is 18.8 Å². The average molecular weight is 388 g/mol. The molecule has 27 heavy (non-hydrogen) atoms. The first-order chi connectivity index (χ1) is 13.0. The zero-order chi connectivity index (χ0) is 19.4. The van der Waals surface area contributed by atoms with Gasteiger partial charge < -0.3 is 10.1 Å². The van der Waals surface area contributed by atoms with Gasteiger partial charge in [-0.2, -0.15) is 4.31 Å². The van der Waals surface area contributed by atoms with Gasteiger partial charge in [-0.15, -0.1) is 0 Å². The van der Waals surface area contributed by atoms with E-state index in [1.807, 2.05) is 24.3 Å². The van der Waals surface area contributed by atoms with E-state index in [4.69, 9.17) is 4.74 Å². The van der Waals surface area contributed by atoms with Crippen LogP contribution in [0.5, 0.6) is 5.75 Å². The van der Waals surface area contributed by atoms with Crippen molar-refractivity contribution in [3.63, 3.8) is 0 Å². The molecule has 0 bridgehead atoms. The first-order valence-electron chi connectivity index (χ1n) is 9.07. The Kier molecular flexibility index (Phi) is 5.82. The average Bonchev–Trinajstić information content (AvgIpc) is 2.68. The highest BCUT2D eigenvalue weighted by atomic mass is 32.2. The molecule has 1 aliphatic rings. The number of benzene rings is 2. The minimum absolute atomic E-state index is 0.135. The van der Waals surface area contributed by atoms with E-state index in [9.17, 15) is 13.2 Å². The summed E-state index contributed by atoms with van der Waals surface area (Å²) >= 11 is 0. The summed E-state index contributed by atoms with van der Waals surface area (Å²) in [6.45, 7) is 4.78. The molecule has 144 valence electrons. The second-order valence-corrected chi connectivity index (χ2v) is 8.36. The summed E-state index contributed by atoms with van der Waals surface area (Å²) in [4.78, 5) is 12.8. The van der Waals surface area contributed by atoms with Gasteiger partial charge in [-0.1, -0.05) is 32.0 Å². The molecule has 0 saturated carbocycles. The van der Waals surface area contributed by atoms with Crippen LogP contribution in [-0.4, -0.2) is 38.3 Å². The number of nitrogens with zero attached hydrogens (tertiary/aromatic N) is 1. The van der Waals surface area contributed by atoms with E-state index < -0.39 is 10.0 Å². The summed E-state index contributed by atoms with van der Waals surface area (Å²) in [7, 11) is -3.50. The minimum atomic E-state index is -3.50. The molecule has 1 aliphatic heterocycles. The molecule has 0 aliphatic carbocycles. The topological polar surface area (TPSA) is 75.7 Å². The molecule has 2 aromatic carbocycles. The Bertz CT molecular complexity index is 906. The van der Waals surface area contributed by atoms with Crippen molar-refractivity contribution in [2.24, 2.45) is 5.92 Å². The van der Waals surface area contributed by atoms with Gasteiger partial charge in [0.05, 0.1) is 10.8 Å². The molecule has 1 heterocycles. The molecule has 1 unspecified atom stereocenters. The third kappa shape index (κ3) is 4.14. The molecule has 2 aromatic rings. The van der Waals surface area contributed by atoms with Gasteiger partial charge in [0.15, 0.2) is 0 Å². The van der Waals surface area contributed by atoms with Crippen molar-refractivity contribution in [3.8, 4) is 5.75 Å². The lowest BCUT2D eigenvalue weighted by atomic mass is 9.96. The summed E-state index contributed by atoms with van der Waals surface area (Å²) < 4.78 is 32.1. The predicted octanol–water partition coefficient (Wildman–Crippen LogP) is 2.91. The van der Waals surface area contributed by atoms with Gasteiger partial charge in [0.1, 0.15) is 12.4 Å². The number of sulfonamides is 1. The second-order valence-electron chi connectivity index (χ2n) is 6.42. The molecule has 3 rings (SSSR count). The molecule has 0 radical (unpaired) electrons. The molecule has 6 nitrogen and oxygen atoms in total. The van der Waals surface area contributed by atoms with Gasteiger partial charge in [-0.05, 0) is 42.3 Å². The lowest BCUT2D eigenvalue weighted by Crippen LogP contribution is -2.32. The highest BCUT2D eigenvalue weighted by molar-refractivity contribution is 7.89. The maximum atomic E-state index is 12.5. The van der Waals surface area contributed by atoms with Crippen molar-refractivity contribution in [3.05, 3.63) is 54.1 Å². The first-order valence-corrected chi connectivity index (χ1v) is 10.5. The summed E-state index contributed by atoms with van der Waals surface area (Å²) in [6, 6.07) is 14.0. The Morgan fingerprint density at radius 1 is 1.11 bits per heavy atom. The van der Waals surface area contributed by atoms with Crippen LogP contribution in [0.25, 0.3) is 0 Å². The number of rotatable bonds is 6. The van der Waals surface area contributed by atoms with E-state index >= 15 is 0 Å². The minimum Gasteiger partial charge on any atom is -0.492 e. The molecule has 0 aromatic heterocycles. The third-order valence-electron chi connectivity index (χ3n) is 4.71. The van der Waals surface area contributed by atoms with Crippen molar-refractivity contribution in [2.45, 2.75) is 25.2 Å². The zero-order valence-corrected chi connectivity index (χ0v) is 16.3. The van der Waals surface area contributed by atoms with Crippen molar-refractivity contribution in [2.75, 3.05) is 25.0 Å². The van der Waals surface area contributed by atoms with Crippen LogP contribution in [0.3, 0.4) is 0 Å². The normalized spacial score (nSPS) is 16.5. The van der Waals surface area contributed by atoms with Crippen LogP contribution in [-0.2, 0) is 21.2 Å². The SMILES string of the molecule is CCN(CC)S(=O)(=O)c1ccc(NC(=O)C2COc3ccccc3C2)cc1. The van der Waals surface area contributed by atoms with Crippen molar-refractivity contribution < 1.29 is 17.9 Å². The fourth-order valence-electron chi connectivity index (χ4n) is 3.16. The molecule has 0 saturated heterocycles. The number of hydrogen-bond donors (Lipinski definition) is 1. The number of carbonyl (C=O) groups excluding carboxylic acids is 1. The quantitative estimate of drug-likeness (QED) is 0.826. The Morgan fingerprint density at radius 2 is 1.78 bits per heavy atom. The third-order valence-corrected chi connectivity index (χ3v) is 6.78. The Hall–Kier alpha value is -2.38. The van der Waals surface area contributed by atoms with Gasteiger partial charge in [0.25, 0.3) is 0 Å². The fourth-order valence-corrected chi connectivity index (χ4v) is 4.62. The fraction of sp³-hybridized carbons (Fsp3) is 0.350. The second kappa shape index (κ2) is 8.10. The van der Waals surface area contributed by atoms with E-state index in [0.29, 0.717) is 31.8 Å². The van der Waals surface area contributed by atoms with Crippen LogP contribution in [0.4, 0.5) is 5.69 Å². The van der Waals surface area contributed by atoms with E-state index in [1.165, 1.54) is 16.4 Å². The number of nitrogens with one attached hydrogen (secondary N) is 1. The summed E-state index contributed by atoms with van der Waals surface area (Å²) in [6.07, 6.45) is 0.621. The Labute approximate surface area is 160 Å². The van der Waals surface area contributed by atoms with E-state index in [2.05, 4.69) is 5.32 Å². The van der Waals surface area contributed by atoms with Crippen LogP contribution in [0.1, 0.15) is 19.4 Å². The Morgan fingerprint density at radius 3 is 2.44 bits per heavy atom. The number of carbonyl (C=O) groups is 1. The highest BCUT2D eigenvalue weighted by Crippen LogP contribution is 2.27. The summed E-state index contributed by atoms with van der Waals surface area (Å²) in [5, 5.41) is 2.85. The molecule has 1 N–H and O–H groups in total. The number of hydrogen-bond acceptors (Lipinski definition) is 4. The van der Waals surface area contributed by atoms with Gasteiger partial charge in [-0.25, -0.2) is 8.42 Å². The van der Waals surface area contributed by atoms with Crippen LogP contribution in [0.15, 0.2) is 53.4 Å². The lowest BCUT2D eigenvalue weighted by Gasteiger charge is -2.24. The molecular weight excluding hydrogens is 364 g/mol. The number of anilines is 1. The number of ether oxygens (including phenoxy) is 1. The number of amides is 1. The summed E-state index contributed by atoms with van der Waals surface area (Å²) in [5.41, 5.74) is 1.59. The van der Waals surface area contributed by atoms with Gasteiger partial charge >= 0.3 is 0 Å².